The van der Waals surface area contributed by atoms with Crippen LogP contribution in [0, 0.1) is 5.41 Å². The van der Waals surface area contributed by atoms with Gasteiger partial charge in [0.2, 0.25) is 11.3 Å². The molecule has 0 unspecified atom stereocenters. The Labute approximate surface area is 157 Å². The van der Waals surface area contributed by atoms with Crippen LogP contribution in [0.15, 0.2) is 48.5 Å². The molecule has 0 saturated heterocycles. The summed E-state index contributed by atoms with van der Waals surface area (Å²) in [5, 5.41) is 1.77. The molecule has 0 heterocycles. The molecule has 0 aliphatic rings. The van der Waals surface area contributed by atoms with E-state index >= 15 is 0 Å². The lowest BCUT2D eigenvalue weighted by molar-refractivity contribution is -0.324. The number of halogens is 6. The van der Waals surface area contributed by atoms with Gasteiger partial charge in [-0.1, -0.05) is 43.3 Å². The number of hydrogen-bond acceptors (Lipinski definition) is 2. The van der Waals surface area contributed by atoms with Crippen LogP contribution in [0.2, 0.25) is 0 Å². The SMILES string of the molecule is CCC(C(=O)Nc1cc(-c2ccccc2)ccc1OC)(C(F)(F)F)C(F)(F)F. The third-order valence-electron chi connectivity index (χ3n) is 4.44. The van der Waals surface area contributed by atoms with Crippen LogP contribution < -0.4 is 10.1 Å². The minimum atomic E-state index is -5.83. The van der Waals surface area contributed by atoms with Crippen molar-refractivity contribution in [1.29, 1.82) is 0 Å². The first-order valence-electron chi connectivity index (χ1n) is 8.16. The van der Waals surface area contributed by atoms with Gasteiger partial charge in [0.15, 0.2) is 0 Å². The van der Waals surface area contributed by atoms with Gasteiger partial charge in [-0.25, -0.2) is 0 Å². The van der Waals surface area contributed by atoms with E-state index in [9.17, 15) is 31.1 Å². The zero-order chi connectivity index (χ0) is 21.2. The zero-order valence-corrected chi connectivity index (χ0v) is 14.9. The van der Waals surface area contributed by atoms with Crippen LogP contribution >= 0.6 is 0 Å². The van der Waals surface area contributed by atoms with Gasteiger partial charge in [0.1, 0.15) is 5.75 Å². The summed E-state index contributed by atoms with van der Waals surface area (Å²) in [7, 11) is 1.19. The van der Waals surface area contributed by atoms with E-state index in [4.69, 9.17) is 4.74 Å². The van der Waals surface area contributed by atoms with Gasteiger partial charge in [0.25, 0.3) is 0 Å². The Hall–Kier alpha value is -2.71. The molecule has 0 aliphatic heterocycles. The first kappa shape index (κ1) is 21.6. The molecule has 152 valence electrons. The van der Waals surface area contributed by atoms with E-state index < -0.39 is 30.1 Å². The van der Waals surface area contributed by atoms with Crippen molar-refractivity contribution < 1.29 is 35.9 Å². The van der Waals surface area contributed by atoms with Crippen molar-refractivity contribution in [2.75, 3.05) is 12.4 Å². The van der Waals surface area contributed by atoms with E-state index in [1.165, 1.54) is 19.2 Å². The molecule has 2 rings (SSSR count). The normalized spacial score (nSPS) is 12.6. The van der Waals surface area contributed by atoms with Crippen LogP contribution in [0.3, 0.4) is 0 Å². The molecule has 2 aromatic carbocycles. The van der Waals surface area contributed by atoms with E-state index in [-0.39, 0.29) is 11.4 Å². The predicted octanol–water partition coefficient (Wildman–Crippen LogP) is 5.82. The maximum absolute atomic E-state index is 13.3. The molecule has 0 bridgehead atoms. The zero-order valence-electron chi connectivity index (χ0n) is 14.9. The number of carbonyl (C=O) groups excluding carboxylic acids is 1. The lowest BCUT2D eigenvalue weighted by Gasteiger charge is -2.35. The topological polar surface area (TPSA) is 38.3 Å². The van der Waals surface area contributed by atoms with E-state index in [0.717, 1.165) is 0 Å². The van der Waals surface area contributed by atoms with Gasteiger partial charge < -0.3 is 10.1 Å². The molecule has 3 nitrogen and oxygen atoms in total. The quantitative estimate of drug-likeness (QED) is 0.637. The van der Waals surface area contributed by atoms with Crippen molar-refractivity contribution >= 4 is 11.6 Å². The predicted molar refractivity (Wildman–Crippen MR) is 91.9 cm³/mol. The summed E-state index contributed by atoms with van der Waals surface area (Å²) in [5.41, 5.74) is -3.68. The number of carbonyl (C=O) groups is 1. The van der Waals surface area contributed by atoms with Crippen LogP contribution in [-0.2, 0) is 4.79 Å². The molecule has 0 fully saturated rings. The molecule has 0 radical (unpaired) electrons. The third kappa shape index (κ3) is 3.79. The van der Waals surface area contributed by atoms with E-state index in [2.05, 4.69) is 0 Å². The maximum Gasteiger partial charge on any atom is 0.412 e. The van der Waals surface area contributed by atoms with E-state index in [1.807, 2.05) is 0 Å². The Bertz CT molecular complexity index is 817. The highest BCUT2D eigenvalue weighted by Gasteiger charge is 2.74. The molecule has 2 aromatic rings. The van der Waals surface area contributed by atoms with Crippen molar-refractivity contribution in [3.63, 3.8) is 0 Å². The van der Waals surface area contributed by atoms with Crippen molar-refractivity contribution in [3.05, 3.63) is 48.5 Å². The summed E-state index contributed by atoms with van der Waals surface area (Å²) >= 11 is 0. The highest BCUT2D eigenvalue weighted by Crippen LogP contribution is 2.53. The van der Waals surface area contributed by atoms with Gasteiger partial charge in [-0.05, 0) is 29.7 Å². The molecule has 0 aliphatic carbocycles. The maximum atomic E-state index is 13.3. The number of hydrogen-bond donors (Lipinski definition) is 1. The summed E-state index contributed by atoms with van der Waals surface area (Å²) in [6.07, 6.45) is -13.1. The fourth-order valence-corrected chi connectivity index (χ4v) is 2.82. The molecular formula is C19H17F6NO2. The van der Waals surface area contributed by atoms with E-state index in [0.29, 0.717) is 18.1 Å². The number of amides is 1. The average Bonchev–Trinajstić information content (AvgIpc) is 2.61. The van der Waals surface area contributed by atoms with Crippen molar-refractivity contribution in [2.45, 2.75) is 25.7 Å². The van der Waals surface area contributed by atoms with Gasteiger partial charge in [-0.15, -0.1) is 0 Å². The van der Waals surface area contributed by atoms with Gasteiger partial charge in [0.05, 0.1) is 12.8 Å². The summed E-state index contributed by atoms with van der Waals surface area (Å²) < 4.78 is 85.0. The molecule has 9 heteroatoms. The van der Waals surface area contributed by atoms with Crippen LogP contribution in [0.5, 0.6) is 5.75 Å². The number of benzene rings is 2. The molecule has 0 aromatic heterocycles. The molecule has 28 heavy (non-hydrogen) atoms. The Balaban J connectivity index is 2.52. The summed E-state index contributed by atoms with van der Waals surface area (Å²) in [6, 6.07) is 12.8. The lowest BCUT2D eigenvalue weighted by atomic mass is 9.82. The smallest absolute Gasteiger partial charge is 0.412 e. The third-order valence-corrected chi connectivity index (χ3v) is 4.44. The number of alkyl halides is 6. The molecule has 0 atom stereocenters. The highest BCUT2D eigenvalue weighted by molar-refractivity contribution is 5.98. The Morgan fingerprint density at radius 3 is 1.96 bits per heavy atom. The Morgan fingerprint density at radius 1 is 0.929 bits per heavy atom. The molecular weight excluding hydrogens is 388 g/mol. The van der Waals surface area contributed by atoms with Crippen molar-refractivity contribution in [3.8, 4) is 16.9 Å². The summed E-state index contributed by atoms with van der Waals surface area (Å²) in [4.78, 5) is 12.3. The Kier molecular flexibility index (Phi) is 5.96. The van der Waals surface area contributed by atoms with Crippen LogP contribution in [0.1, 0.15) is 13.3 Å². The van der Waals surface area contributed by atoms with E-state index in [1.54, 1.807) is 41.7 Å². The first-order valence-corrected chi connectivity index (χ1v) is 8.16. The highest BCUT2D eigenvalue weighted by atomic mass is 19.4. The number of ether oxygens (including phenoxy) is 1. The first-order chi connectivity index (χ1) is 13.0. The number of rotatable bonds is 5. The lowest BCUT2D eigenvalue weighted by Crippen LogP contribution is -2.57. The fourth-order valence-electron chi connectivity index (χ4n) is 2.82. The minimum absolute atomic E-state index is 0.0672. The van der Waals surface area contributed by atoms with Crippen LogP contribution in [0.25, 0.3) is 11.1 Å². The minimum Gasteiger partial charge on any atom is -0.495 e. The molecule has 0 saturated carbocycles. The summed E-state index contributed by atoms with van der Waals surface area (Å²) in [5.74, 6) is -2.28. The summed E-state index contributed by atoms with van der Waals surface area (Å²) in [6.45, 7) is 0.665. The Morgan fingerprint density at radius 2 is 1.50 bits per heavy atom. The van der Waals surface area contributed by atoms with Crippen molar-refractivity contribution in [2.24, 2.45) is 5.41 Å². The largest absolute Gasteiger partial charge is 0.495 e. The van der Waals surface area contributed by atoms with Crippen LogP contribution in [0.4, 0.5) is 32.0 Å². The number of anilines is 1. The standard InChI is InChI=1S/C19H17F6NO2/c1-3-17(18(20,21)22,19(23,24)25)16(27)26-14-11-13(9-10-15(14)28-2)12-7-5-4-6-8-12/h4-11H,3H2,1-2H3,(H,26,27). The van der Waals surface area contributed by atoms with Crippen LogP contribution in [-0.4, -0.2) is 25.4 Å². The second-order valence-electron chi connectivity index (χ2n) is 5.99. The molecule has 1 amide bonds. The molecule has 1 N–H and O–H groups in total. The second kappa shape index (κ2) is 7.73. The van der Waals surface area contributed by atoms with Gasteiger partial charge in [-0.3, -0.25) is 4.79 Å². The number of nitrogens with one attached hydrogen (secondary N) is 1. The van der Waals surface area contributed by atoms with Gasteiger partial charge >= 0.3 is 12.4 Å². The average molecular weight is 405 g/mol. The van der Waals surface area contributed by atoms with Crippen molar-refractivity contribution in [1.82, 2.24) is 0 Å². The van der Waals surface area contributed by atoms with Gasteiger partial charge in [0, 0.05) is 0 Å². The fraction of sp³-hybridized carbons (Fsp3) is 0.316. The van der Waals surface area contributed by atoms with Gasteiger partial charge in [-0.2, -0.15) is 26.3 Å². The monoisotopic (exact) mass is 405 g/mol. The second-order valence-corrected chi connectivity index (χ2v) is 5.99. The number of methoxy groups -OCH3 is 1. The molecule has 0 spiro atoms.